The first kappa shape index (κ1) is 29.4. The lowest BCUT2D eigenvalue weighted by atomic mass is 10.0. The van der Waals surface area contributed by atoms with Crippen molar-refractivity contribution in [2.24, 2.45) is 0 Å². The van der Waals surface area contributed by atoms with Crippen LogP contribution in [0.15, 0.2) is 0 Å². The predicted octanol–water partition coefficient (Wildman–Crippen LogP) is 8.78. The lowest BCUT2D eigenvalue weighted by molar-refractivity contribution is -0.145. The van der Waals surface area contributed by atoms with Crippen LogP contribution in [0.5, 0.6) is 0 Å². The van der Waals surface area contributed by atoms with E-state index in [1.807, 2.05) is 0 Å². The Labute approximate surface area is 189 Å². The molecule has 0 aromatic rings. The maximum Gasteiger partial charge on any atom is 0.305 e. The number of hydrogen-bond donors (Lipinski definition) is 0. The van der Waals surface area contributed by atoms with Gasteiger partial charge >= 0.3 is 5.97 Å². The molecule has 0 rings (SSSR count). The van der Waals surface area contributed by atoms with Gasteiger partial charge in [0.1, 0.15) is 6.61 Å². The van der Waals surface area contributed by atoms with Crippen molar-refractivity contribution in [3.05, 3.63) is 0 Å². The summed E-state index contributed by atoms with van der Waals surface area (Å²) in [5, 5.41) is 0. The van der Waals surface area contributed by atoms with Gasteiger partial charge < -0.3 is 9.47 Å². The highest BCUT2D eigenvalue weighted by molar-refractivity contribution is 5.69. The second-order valence-corrected chi connectivity index (χ2v) is 8.95. The van der Waals surface area contributed by atoms with Crippen LogP contribution in [0.1, 0.15) is 149 Å². The average Bonchev–Trinajstić information content (AvgIpc) is 2.75. The van der Waals surface area contributed by atoms with Gasteiger partial charge in [-0.05, 0) is 12.8 Å². The van der Waals surface area contributed by atoms with Gasteiger partial charge in [-0.25, -0.2) is 0 Å². The molecule has 0 aliphatic carbocycles. The third kappa shape index (κ3) is 25.5. The van der Waals surface area contributed by atoms with E-state index in [-0.39, 0.29) is 5.97 Å². The second-order valence-electron chi connectivity index (χ2n) is 8.95. The molecule has 0 saturated heterocycles. The zero-order valence-corrected chi connectivity index (χ0v) is 20.7. The SMILES string of the molecule is CCCCCCCCCCCCCCCCOCCOC(=O)CCCCCCCC. The molecule has 30 heavy (non-hydrogen) atoms. The topological polar surface area (TPSA) is 35.5 Å². The number of unbranched alkanes of at least 4 members (excludes halogenated alkanes) is 18. The monoisotopic (exact) mass is 426 g/mol. The Balaban J connectivity index is 3.10. The summed E-state index contributed by atoms with van der Waals surface area (Å²) in [4.78, 5) is 11.6. The first-order valence-corrected chi connectivity index (χ1v) is 13.5. The minimum absolute atomic E-state index is 0.0643. The number of carbonyl (C=O) groups excluding carboxylic acids is 1. The number of carbonyl (C=O) groups is 1. The summed E-state index contributed by atoms with van der Waals surface area (Å²) in [7, 11) is 0. The Bertz CT molecular complexity index is 330. The van der Waals surface area contributed by atoms with Crippen LogP contribution in [0, 0.1) is 0 Å². The second kappa shape index (κ2) is 26.5. The molecule has 0 fully saturated rings. The van der Waals surface area contributed by atoms with E-state index in [0.29, 0.717) is 19.6 Å². The van der Waals surface area contributed by atoms with Crippen molar-refractivity contribution in [2.75, 3.05) is 19.8 Å². The Kier molecular flexibility index (Phi) is 26.0. The summed E-state index contributed by atoms with van der Waals surface area (Å²) < 4.78 is 10.8. The molecule has 0 aliphatic heterocycles. The fourth-order valence-corrected chi connectivity index (χ4v) is 3.84. The Morgan fingerprint density at radius 3 is 1.33 bits per heavy atom. The Hall–Kier alpha value is -0.570. The number of hydrogen-bond acceptors (Lipinski definition) is 3. The van der Waals surface area contributed by atoms with Crippen molar-refractivity contribution in [1.29, 1.82) is 0 Å². The van der Waals surface area contributed by atoms with Gasteiger partial charge in [-0.15, -0.1) is 0 Å². The van der Waals surface area contributed by atoms with E-state index in [0.717, 1.165) is 25.9 Å². The van der Waals surface area contributed by atoms with Crippen LogP contribution in [-0.4, -0.2) is 25.8 Å². The molecular weight excluding hydrogens is 372 g/mol. The predicted molar refractivity (Wildman–Crippen MR) is 130 cm³/mol. The molecule has 0 aromatic carbocycles. The van der Waals surface area contributed by atoms with Gasteiger partial charge in [0.05, 0.1) is 6.61 Å². The van der Waals surface area contributed by atoms with E-state index < -0.39 is 0 Å². The van der Waals surface area contributed by atoms with Gasteiger partial charge in [0.15, 0.2) is 0 Å². The van der Waals surface area contributed by atoms with E-state index in [4.69, 9.17) is 9.47 Å². The third-order valence-corrected chi connectivity index (χ3v) is 5.87. The lowest BCUT2D eigenvalue weighted by Crippen LogP contribution is -2.10. The lowest BCUT2D eigenvalue weighted by Gasteiger charge is -2.06. The Morgan fingerprint density at radius 1 is 0.467 bits per heavy atom. The highest BCUT2D eigenvalue weighted by Gasteiger charge is 2.02. The maximum atomic E-state index is 11.6. The molecule has 0 aromatic heterocycles. The molecule has 0 bridgehead atoms. The summed E-state index contributed by atoms with van der Waals surface area (Å²) >= 11 is 0. The van der Waals surface area contributed by atoms with Crippen molar-refractivity contribution in [2.45, 2.75) is 149 Å². The van der Waals surface area contributed by atoms with Crippen LogP contribution in [0.4, 0.5) is 0 Å². The minimum Gasteiger partial charge on any atom is -0.463 e. The summed E-state index contributed by atoms with van der Waals surface area (Å²) in [6, 6.07) is 0. The van der Waals surface area contributed by atoms with Crippen LogP contribution < -0.4 is 0 Å². The van der Waals surface area contributed by atoms with Crippen molar-refractivity contribution in [3.63, 3.8) is 0 Å². The fourth-order valence-electron chi connectivity index (χ4n) is 3.84. The van der Waals surface area contributed by atoms with Gasteiger partial charge in [0.25, 0.3) is 0 Å². The van der Waals surface area contributed by atoms with Gasteiger partial charge in [-0.1, -0.05) is 129 Å². The van der Waals surface area contributed by atoms with Crippen molar-refractivity contribution in [1.82, 2.24) is 0 Å². The summed E-state index contributed by atoms with van der Waals surface area (Å²) in [6.07, 6.45) is 27.0. The van der Waals surface area contributed by atoms with E-state index in [2.05, 4.69) is 13.8 Å². The van der Waals surface area contributed by atoms with Gasteiger partial charge in [-0.2, -0.15) is 0 Å². The van der Waals surface area contributed by atoms with Crippen LogP contribution in [0.3, 0.4) is 0 Å². The molecule has 0 amide bonds. The smallest absolute Gasteiger partial charge is 0.305 e. The first-order chi connectivity index (χ1) is 14.8. The quantitative estimate of drug-likeness (QED) is 0.108. The zero-order chi connectivity index (χ0) is 22.0. The third-order valence-electron chi connectivity index (χ3n) is 5.87. The van der Waals surface area contributed by atoms with Crippen molar-refractivity contribution >= 4 is 5.97 Å². The molecule has 0 N–H and O–H groups in total. The highest BCUT2D eigenvalue weighted by atomic mass is 16.6. The molecule has 0 unspecified atom stereocenters. The zero-order valence-electron chi connectivity index (χ0n) is 20.7. The summed E-state index contributed by atoms with van der Waals surface area (Å²) in [5.74, 6) is -0.0643. The van der Waals surface area contributed by atoms with Gasteiger partial charge in [-0.3, -0.25) is 4.79 Å². The molecule has 3 nitrogen and oxygen atoms in total. The molecule has 180 valence electrons. The molecular formula is C27H54O3. The molecule has 3 heteroatoms. The van der Waals surface area contributed by atoms with E-state index in [9.17, 15) is 4.79 Å². The molecule has 0 spiro atoms. The largest absolute Gasteiger partial charge is 0.463 e. The molecule has 0 heterocycles. The highest BCUT2D eigenvalue weighted by Crippen LogP contribution is 2.13. The molecule has 0 saturated carbocycles. The molecule has 0 radical (unpaired) electrons. The Morgan fingerprint density at radius 2 is 0.867 bits per heavy atom. The number of rotatable bonds is 25. The van der Waals surface area contributed by atoms with E-state index >= 15 is 0 Å². The standard InChI is InChI=1S/C27H54O3/c1-3-5-7-9-11-12-13-14-15-16-17-18-20-22-24-29-25-26-30-27(28)23-21-19-10-8-6-4-2/h3-26H2,1-2H3. The van der Waals surface area contributed by atoms with Crippen molar-refractivity contribution < 1.29 is 14.3 Å². The average molecular weight is 427 g/mol. The van der Waals surface area contributed by atoms with E-state index in [1.54, 1.807) is 0 Å². The summed E-state index contributed by atoms with van der Waals surface area (Å²) in [6.45, 7) is 6.25. The van der Waals surface area contributed by atoms with Crippen LogP contribution in [0.2, 0.25) is 0 Å². The van der Waals surface area contributed by atoms with Crippen LogP contribution in [-0.2, 0) is 14.3 Å². The van der Waals surface area contributed by atoms with E-state index in [1.165, 1.54) is 109 Å². The molecule has 0 aliphatic rings. The van der Waals surface area contributed by atoms with Gasteiger partial charge in [0, 0.05) is 13.0 Å². The van der Waals surface area contributed by atoms with Crippen molar-refractivity contribution in [3.8, 4) is 0 Å². The fraction of sp³-hybridized carbons (Fsp3) is 0.963. The molecule has 0 atom stereocenters. The maximum absolute atomic E-state index is 11.6. The van der Waals surface area contributed by atoms with Crippen LogP contribution in [0.25, 0.3) is 0 Å². The van der Waals surface area contributed by atoms with Crippen LogP contribution >= 0.6 is 0 Å². The summed E-state index contributed by atoms with van der Waals surface area (Å²) in [5.41, 5.74) is 0. The normalized spacial score (nSPS) is 11.1. The van der Waals surface area contributed by atoms with Gasteiger partial charge in [0.2, 0.25) is 0 Å². The first-order valence-electron chi connectivity index (χ1n) is 13.5. The number of esters is 1. The number of ether oxygens (including phenoxy) is 2. The minimum atomic E-state index is -0.0643.